The summed E-state index contributed by atoms with van der Waals surface area (Å²) in [6.07, 6.45) is 12.2. The number of unbranched alkanes of at least 4 members (excludes halogenated alkanes) is 8. The average Bonchev–Trinajstić information content (AvgIpc) is 3.33. The second kappa shape index (κ2) is 14.3. The largest absolute Gasteiger partial charge is 0.489 e. The smallest absolute Gasteiger partial charge is 0.223 e. The van der Waals surface area contributed by atoms with Gasteiger partial charge >= 0.3 is 0 Å². The summed E-state index contributed by atoms with van der Waals surface area (Å²) in [5.41, 5.74) is 2.36. The van der Waals surface area contributed by atoms with E-state index >= 15 is 0 Å². The molecular formula is C28H39NO2S. The summed E-state index contributed by atoms with van der Waals surface area (Å²) in [6, 6.07) is 18.5. The zero-order valence-corrected chi connectivity index (χ0v) is 20.5. The van der Waals surface area contributed by atoms with Crippen LogP contribution in [0, 0.1) is 0 Å². The molecule has 1 fully saturated rings. The fraction of sp³-hybridized carbons (Fsp3) is 0.536. The lowest BCUT2D eigenvalue weighted by Gasteiger charge is -2.24. The second-order valence-electron chi connectivity index (χ2n) is 8.73. The van der Waals surface area contributed by atoms with Gasteiger partial charge in [-0.3, -0.25) is 4.79 Å². The van der Waals surface area contributed by atoms with Crippen molar-refractivity contribution in [1.82, 2.24) is 4.90 Å². The minimum absolute atomic E-state index is 0.143. The summed E-state index contributed by atoms with van der Waals surface area (Å²) in [5.74, 6) is 2.20. The number of hydrogen-bond donors (Lipinski definition) is 0. The van der Waals surface area contributed by atoms with E-state index < -0.39 is 0 Å². The van der Waals surface area contributed by atoms with E-state index in [9.17, 15) is 4.79 Å². The highest BCUT2D eigenvalue weighted by Gasteiger charge is 2.30. The predicted octanol–water partition coefficient (Wildman–Crippen LogP) is 7.76. The van der Waals surface area contributed by atoms with Crippen LogP contribution in [-0.4, -0.2) is 23.1 Å². The zero-order valence-electron chi connectivity index (χ0n) is 19.6. The Hall–Kier alpha value is -1.94. The van der Waals surface area contributed by atoms with Crippen molar-refractivity contribution in [3.63, 3.8) is 0 Å². The van der Waals surface area contributed by atoms with Gasteiger partial charge in [0.15, 0.2) is 0 Å². The molecule has 0 saturated carbocycles. The SMILES string of the molecule is CCCCCCCCCCCC(=O)N1CCSC1c1ccc(OCc2ccccc2)cc1. The van der Waals surface area contributed by atoms with Gasteiger partial charge < -0.3 is 9.64 Å². The highest BCUT2D eigenvalue weighted by molar-refractivity contribution is 7.99. The van der Waals surface area contributed by atoms with Gasteiger partial charge in [-0.25, -0.2) is 0 Å². The molecule has 2 aromatic carbocycles. The van der Waals surface area contributed by atoms with Gasteiger partial charge in [0, 0.05) is 18.7 Å². The number of nitrogens with zero attached hydrogens (tertiary/aromatic N) is 1. The molecule has 0 bridgehead atoms. The van der Waals surface area contributed by atoms with E-state index in [1.807, 2.05) is 42.1 Å². The minimum Gasteiger partial charge on any atom is -0.489 e. The summed E-state index contributed by atoms with van der Waals surface area (Å²) >= 11 is 1.87. The Morgan fingerprint density at radius 2 is 1.56 bits per heavy atom. The highest BCUT2D eigenvalue weighted by Crippen LogP contribution is 2.39. The van der Waals surface area contributed by atoms with Crippen LogP contribution in [0.5, 0.6) is 5.75 Å². The predicted molar refractivity (Wildman–Crippen MR) is 136 cm³/mol. The number of thioether (sulfide) groups is 1. The lowest BCUT2D eigenvalue weighted by Crippen LogP contribution is -2.30. The van der Waals surface area contributed by atoms with Gasteiger partial charge in [0.25, 0.3) is 0 Å². The second-order valence-corrected chi connectivity index (χ2v) is 9.92. The van der Waals surface area contributed by atoms with Gasteiger partial charge in [0.1, 0.15) is 17.7 Å². The van der Waals surface area contributed by atoms with Crippen LogP contribution in [0.15, 0.2) is 54.6 Å². The van der Waals surface area contributed by atoms with Crippen LogP contribution in [0.4, 0.5) is 0 Å². The van der Waals surface area contributed by atoms with Crippen molar-refractivity contribution < 1.29 is 9.53 Å². The van der Waals surface area contributed by atoms with Crippen molar-refractivity contribution in [3.8, 4) is 5.75 Å². The number of hydrogen-bond acceptors (Lipinski definition) is 3. The number of benzene rings is 2. The molecule has 1 saturated heterocycles. The van der Waals surface area contributed by atoms with Gasteiger partial charge in [-0.05, 0) is 29.7 Å². The van der Waals surface area contributed by atoms with E-state index in [1.165, 1.54) is 56.9 Å². The van der Waals surface area contributed by atoms with Crippen LogP contribution in [0.2, 0.25) is 0 Å². The Labute approximate surface area is 198 Å². The first-order valence-electron chi connectivity index (χ1n) is 12.5. The summed E-state index contributed by atoms with van der Waals surface area (Å²) in [4.78, 5) is 14.9. The molecule has 1 amide bonds. The summed E-state index contributed by atoms with van der Waals surface area (Å²) in [7, 11) is 0. The highest BCUT2D eigenvalue weighted by atomic mass is 32.2. The van der Waals surface area contributed by atoms with Crippen molar-refractivity contribution in [3.05, 3.63) is 65.7 Å². The molecule has 3 nitrogen and oxygen atoms in total. The van der Waals surface area contributed by atoms with Gasteiger partial charge in [-0.15, -0.1) is 11.8 Å². The number of rotatable bonds is 14. The average molecular weight is 454 g/mol. The third-order valence-corrected chi connectivity index (χ3v) is 7.38. The van der Waals surface area contributed by atoms with Crippen LogP contribution in [0.1, 0.15) is 87.6 Å². The van der Waals surface area contributed by atoms with Crippen molar-refractivity contribution >= 4 is 17.7 Å². The Balaban J connectivity index is 1.38. The molecule has 3 rings (SSSR count). The number of amides is 1. The first kappa shape index (κ1) is 24.7. The Morgan fingerprint density at radius 3 is 2.25 bits per heavy atom. The van der Waals surface area contributed by atoms with E-state index in [-0.39, 0.29) is 5.37 Å². The summed E-state index contributed by atoms with van der Waals surface area (Å²) in [5, 5.41) is 0.143. The van der Waals surface area contributed by atoms with Crippen LogP contribution >= 0.6 is 11.8 Å². The zero-order chi connectivity index (χ0) is 22.4. The molecule has 1 heterocycles. The maximum atomic E-state index is 12.9. The molecule has 1 aliphatic rings. The fourth-order valence-corrected chi connectivity index (χ4v) is 5.48. The normalized spacial score (nSPS) is 15.8. The van der Waals surface area contributed by atoms with Crippen LogP contribution in [0.25, 0.3) is 0 Å². The van der Waals surface area contributed by atoms with Gasteiger partial charge in [-0.1, -0.05) is 101 Å². The Bertz CT molecular complexity index is 778. The van der Waals surface area contributed by atoms with Gasteiger partial charge in [0.05, 0.1) is 0 Å². The van der Waals surface area contributed by atoms with Crippen molar-refractivity contribution in [2.75, 3.05) is 12.3 Å². The number of carbonyl (C=O) groups excluding carboxylic acids is 1. The third kappa shape index (κ3) is 8.20. The number of ether oxygens (including phenoxy) is 1. The molecule has 1 unspecified atom stereocenters. The van der Waals surface area contributed by atoms with E-state index in [0.29, 0.717) is 18.9 Å². The van der Waals surface area contributed by atoms with Crippen LogP contribution in [0.3, 0.4) is 0 Å². The quantitative estimate of drug-likeness (QED) is 0.274. The molecule has 0 aromatic heterocycles. The molecule has 4 heteroatoms. The number of carbonyl (C=O) groups is 1. The first-order valence-corrected chi connectivity index (χ1v) is 13.5. The lowest BCUT2D eigenvalue weighted by atomic mass is 10.1. The third-order valence-electron chi connectivity index (χ3n) is 6.12. The fourth-order valence-electron chi connectivity index (χ4n) is 4.20. The Morgan fingerprint density at radius 1 is 0.906 bits per heavy atom. The molecule has 0 radical (unpaired) electrons. The molecule has 174 valence electrons. The van der Waals surface area contributed by atoms with E-state index in [1.54, 1.807) is 0 Å². The maximum Gasteiger partial charge on any atom is 0.223 e. The molecule has 2 aromatic rings. The van der Waals surface area contributed by atoms with E-state index in [0.717, 1.165) is 30.0 Å². The lowest BCUT2D eigenvalue weighted by molar-refractivity contribution is -0.131. The minimum atomic E-state index is 0.143. The van der Waals surface area contributed by atoms with Crippen LogP contribution in [-0.2, 0) is 11.4 Å². The van der Waals surface area contributed by atoms with Crippen molar-refractivity contribution in [2.24, 2.45) is 0 Å². The summed E-state index contributed by atoms with van der Waals surface area (Å²) in [6.45, 7) is 3.69. The molecule has 0 aliphatic carbocycles. The molecule has 0 N–H and O–H groups in total. The standard InChI is InChI=1S/C28H39NO2S/c1-2-3-4-5-6-7-8-9-13-16-27(30)29-21-22-32-28(29)25-17-19-26(20-18-25)31-23-24-14-11-10-12-15-24/h10-12,14-15,17-20,28H,2-9,13,16,21-23H2,1H3. The monoisotopic (exact) mass is 453 g/mol. The Kier molecular flexibility index (Phi) is 11.0. The molecular weight excluding hydrogens is 414 g/mol. The molecule has 1 aliphatic heterocycles. The van der Waals surface area contributed by atoms with Crippen molar-refractivity contribution in [1.29, 1.82) is 0 Å². The van der Waals surface area contributed by atoms with E-state index in [2.05, 4.69) is 36.1 Å². The topological polar surface area (TPSA) is 29.5 Å². The van der Waals surface area contributed by atoms with E-state index in [4.69, 9.17) is 4.74 Å². The summed E-state index contributed by atoms with van der Waals surface area (Å²) < 4.78 is 5.91. The first-order chi connectivity index (χ1) is 15.8. The molecule has 0 spiro atoms. The maximum absolute atomic E-state index is 12.9. The van der Waals surface area contributed by atoms with Gasteiger partial charge in [0.2, 0.25) is 5.91 Å². The van der Waals surface area contributed by atoms with Crippen LogP contribution < -0.4 is 4.74 Å². The van der Waals surface area contributed by atoms with Gasteiger partial charge in [-0.2, -0.15) is 0 Å². The molecule has 32 heavy (non-hydrogen) atoms. The van der Waals surface area contributed by atoms with Crippen molar-refractivity contribution in [2.45, 2.75) is 83.1 Å². The molecule has 1 atom stereocenters.